The molecule has 3 rings (SSSR count). The molecule has 0 atom stereocenters. The summed E-state index contributed by atoms with van der Waals surface area (Å²) in [4.78, 5) is 29.1. The van der Waals surface area contributed by atoms with Gasteiger partial charge in [-0.3, -0.25) is 9.59 Å². The molecule has 1 aromatic rings. The number of hydrogen-bond donors (Lipinski definition) is 0. The fourth-order valence-electron chi connectivity index (χ4n) is 3.37. The van der Waals surface area contributed by atoms with E-state index in [0.717, 1.165) is 30.6 Å². The van der Waals surface area contributed by atoms with E-state index in [4.69, 9.17) is 0 Å². The van der Waals surface area contributed by atoms with Gasteiger partial charge in [-0.25, -0.2) is 8.42 Å². The average Bonchev–Trinajstić information content (AvgIpc) is 3.23. The van der Waals surface area contributed by atoms with E-state index in [-0.39, 0.29) is 29.0 Å². The third-order valence-electron chi connectivity index (χ3n) is 5.14. The van der Waals surface area contributed by atoms with Gasteiger partial charge in [-0.05, 0) is 37.5 Å². The Morgan fingerprint density at radius 3 is 2.64 bits per heavy atom. The average molecular weight is 426 g/mol. The number of benzene rings is 1. The molecule has 28 heavy (non-hydrogen) atoms. The van der Waals surface area contributed by atoms with E-state index in [1.54, 1.807) is 30.1 Å². The Labute approximate surface area is 171 Å². The fourth-order valence-corrected chi connectivity index (χ4v) is 5.82. The van der Waals surface area contributed by atoms with Gasteiger partial charge in [-0.2, -0.15) is 4.31 Å². The highest BCUT2D eigenvalue weighted by Crippen LogP contribution is 2.37. The molecule has 0 aromatic heterocycles. The molecular weight excluding hydrogens is 398 g/mol. The van der Waals surface area contributed by atoms with Gasteiger partial charge in [-0.15, -0.1) is 11.8 Å². The molecule has 9 heteroatoms. The molecule has 0 radical (unpaired) electrons. The second-order valence-electron chi connectivity index (χ2n) is 7.18. The zero-order chi connectivity index (χ0) is 20.3. The Morgan fingerprint density at radius 2 is 1.96 bits per heavy atom. The van der Waals surface area contributed by atoms with Gasteiger partial charge in [0.2, 0.25) is 21.8 Å². The third-order valence-corrected chi connectivity index (χ3v) is 8.08. The van der Waals surface area contributed by atoms with Crippen LogP contribution in [0.5, 0.6) is 0 Å². The molecule has 0 aliphatic carbocycles. The van der Waals surface area contributed by atoms with Gasteiger partial charge in [0.05, 0.1) is 16.3 Å². The van der Waals surface area contributed by atoms with Gasteiger partial charge in [0.1, 0.15) is 6.54 Å². The molecule has 154 valence electrons. The summed E-state index contributed by atoms with van der Waals surface area (Å²) in [7, 11) is -1.85. The molecule has 0 bridgehead atoms. The molecule has 2 aliphatic rings. The SMILES string of the molecule is CCCCN(C)C(=O)CN1C(=O)CSc2ccc(S(=O)(=O)N3CCCC3)cc21. The Bertz CT molecular complexity index is 851. The molecule has 7 nitrogen and oxygen atoms in total. The first-order chi connectivity index (χ1) is 13.3. The predicted molar refractivity (Wildman–Crippen MR) is 110 cm³/mol. The summed E-state index contributed by atoms with van der Waals surface area (Å²) in [5.74, 6) is -0.0742. The zero-order valence-corrected chi connectivity index (χ0v) is 18.0. The van der Waals surface area contributed by atoms with Gasteiger partial charge in [0, 0.05) is 31.6 Å². The number of unbranched alkanes of at least 4 members (excludes halogenated alkanes) is 1. The lowest BCUT2D eigenvalue weighted by molar-refractivity contribution is -0.130. The second-order valence-corrected chi connectivity index (χ2v) is 10.1. The van der Waals surface area contributed by atoms with Crippen LogP contribution in [-0.4, -0.2) is 68.4 Å². The normalized spacial score (nSPS) is 17.6. The van der Waals surface area contributed by atoms with E-state index < -0.39 is 10.0 Å². The number of fused-ring (bicyclic) bond motifs is 1. The lowest BCUT2D eigenvalue weighted by Crippen LogP contribution is -2.44. The lowest BCUT2D eigenvalue weighted by atomic mass is 10.2. The molecular formula is C19H27N3O4S2. The number of likely N-dealkylation sites (N-methyl/N-ethyl adjacent to an activating group) is 1. The molecule has 2 amide bonds. The Hall–Kier alpha value is -1.58. The zero-order valence-electron chi connectivity index (χ0n) is 16.4. The van der Waals surface area contributed by atoms with Crippen LogP contribution in [-0.2, 0) is 19.6 Å². The maximum atomic E-state index is 12.9. The van der Waals surface area contributed by atoms with E-state index in [0.29, 0.717) is 25.3 Å². The second kappa shape index (κ2) is 8.84. The van der Waals surface area contributed by atoms with Crippen LogP contribution in [0.2, 0.25) is 0 Å². The molecule has 2 heterocycles. The molecule has 0 saturated carbocycles. The molecule has 1 saturated heterocycles. The quantitative estimate of drug-likeness (QED) is 0.669. The molecule has 0 spiro atoms. The standard InChI is InChI=1S/C19H27N3O4S2/c1-3-4-9-20(2)18(23)13-22-16-12-15(7-8-17(16)27-14-19(22)24)28(25,26)21-10-5-6-11-21/h7-8,12H,3-6,9-11,13-14H2,1-2H3. The summed E-state index contributed by atoms with van der Waals surface area (Å²) in [6, 6.07) is 4.89. The van der Waals surface area contributed by atoms with Crippen molar-refractivity contribution in [1.29, 1.82) is 0 Å². The topological polar surface area (TPSA) is 78.0 Å². The van der Waals surface area contributed by atoms with Crippen molar-refractivity contribution in [3.05, 3.63) is 18.2 Å². The largest absolute Gasteiger partial charge is 0.344 e. The Balaban J connectivity index is 1.87. The molecule has 1 fully saturated rings. The van der Waals surface area contributed by atoms with Gasteiger partial charge in [-0.1, -0.05) is 13.3 Å². The number of thioether (sulfide) groups is 1. The van der Waals surface area contributed by atoms with Crippen LogP contribution in [0, 0.1) is 0 Å². The number of hydrogen-bond acceptors (Lipinski definition) is 5. The van der Waals surface area contributed by atoms with E-state index in [9.17, 15) is 18.0 Å². The number of anilines is 1. The van der Waals surface area contributed by atoms with E-state index >= 15 is 0 Å². The number of carbonyl (C=O) groups excluding carboxylic acids is 2. The first-order valence-corrected chi connectivity index (χ1v) is 12.1. The van der Waals surface area contributed by atoms with Gasteiger partial charge in [0.15, 0.2) is 0 Å². The number of carbonyl (C=O) groups is 2. The van der Waals surface area contributed by atoms with Gasteiger partial charge < -0.3 is 9.80 Å². The summed E-state index contributed by atoms with van der Waals surface area (Å²) in [6.07, 6.45) is 3.62. The highest BCUT2D eigenvalue weighted by molar-refractivity contribution is 8.00. The third kappa shape index (κ3) is 4.36. The van der Waals surface area contributed by atoms with Crippen molar-refractivity contribution < 1.29 is 18.0 Å². The molecule has 2 aliphatic heterocycles. The van der Waals surface area contributed by atoms with Crippen LogP contribution in [0.15, 0.2) is 28.0 Å². The minimum absolute atomic E-state index is 0.0696. The van der Waals surface area contributed by atoms with Crippen molar-refractivity contribution >= 4 is 39.3 Å². The first-order valence-electron chi connectivity index (χ1n) is 9.66. The fraction of sp³-hybridized carbons (Fsp3) is 0.579. The van der Waals surface area contributed by atoms with Crippen LogP contribution in [0.25, 0.3) is 0 Å². The smallest absolute Gasteiger partial charge is 0.243 e. The maximum absolute atomic E-state index is 12.9. The van der Waals surface area contributed by atoms with E-state index in [2.05, 4.69) is 6.92 Å². The van der Waals surface area contributed by atoms with Crippen molar-refractivity contribution in [2.45, 2.75) is 42.4 Å². The number of sulfonamides is 1. The number of nitrogens with zero attached hydrogens (tertiary/aromatic N) is 3. The Kier molecular flexibility index (Phi) is 6.67. The van der Waals surface area contributed by atoms with Crippen LogP contribution in [0.4, 0.5) is 5.69 Å². The molecule has 1 aromatic carbocycles. The first kappa shape index (κ1) is 21.1. The van der Waals surface area contributed by atoms with Crippen molar-refractivity contribution in [3.63, 3.8) is 0 Å². The summed E-state index contributed by atoms with van der Waals surface area (Å²) in [6.45, 7) is 3.68. The van der Waals surface area contributed by atoms with Crippen molar-refractivity contribution in [2.24, 2.45) is 0 Å². The number of amides is 2. The molecule has 0 N–H and O–H groups in total. The van der Waals surface area contributed by atoms with Gasteiger partial charge >= 0.3 is 0 Å². The minimum atomic E-state index is -3.58. The van der Waals surface area contributed by atoms with Gasteiger partial charge in [0.25, 0.3) is 0 Å². The molecule has 0 unspecified atom stereocenters. The van der Waals surface area contributed by atoms with Crippen LogP contribution >= 0.6 is 11.8 Å². The summed E-state index contributed by atoms with van der Waals surface area (Å²) >= 11 is 1.38. The number of rotatable bonds is 7. The highest BCUT2D eigenvalue weighted by atomic mass is 32.2. The highest BCUT2D eigenvalue weighted by Gasteiger charge is 2.32. The van der Waals surface area contributed by atoms with E-state index in [1.807, 2.05) is 0 Å². The maximum Gasteiger partial charge on any atom is 0.243 e. The van der Waals surface area contributed by atoms with E-state index in [1.165, 1.54) is 21.0 Å². The predicted octanol–water partition coefficient (Wildman–Crippen LogP) is 2.17. The Morgan fingerprint density at radius 1 is 1.25 bits per heavy atom. The van der Waals surface area contributed by atoms with Crippen LogP contribution < -0.4 is 4.90 Å². The summed E-state index contributed by atoms with van der Waals surface area (Å²) in [5, 5.41) is 0. The van der Waals surface area contributed by atoms with Crippen molar-refractivity contribution in [2.75, 3.05) is 43.9 Å². The van der Waals surface area contributed by atoms with Crippen molar-refractivity contribution in [3.8, 4) is 0 Å². The monoisotopic (exact) mass is 425 g/mol. The minimum Gasteiger partial charge on any atom is -0.344 e. The van der Waals surface area contributed by atoms with Crippen LogP contribution in [0.1, 0.15) is 32.6 Å². The summed E-state index contributed by atoms with van der Waals surface area (Å²) in [5.41, 5.74) is 0.513. The van der Waals surface area contributed by atoms with Crippen LogP contribution in [0.3, 0.4) is 0 Å². The summed E-state index contributed by atoms with van der Waals surface area (Å²) < 4.78 is 27.3. The lowest BCUT2D eigenvalue weighted by Gasteiger charge is -2.30. The van der Waals surface area contributed by atoms with Crippen molar-refractivity contribution in [1.82, 2.24) is 9.21 Å².